The van der Waals surface area contributed by atoms with Gasteiger partial charge in [0.25, 0.3) is 10.0 Å². The first kappa shape index (κ1) is 16.7. The number of morpholine rings is 1. The van der Waals surface area contributed by atoms with Gasteiger partial charge in [0, 0.05) is 24.5 Å². The molecule has 1 N–H and O–H groups in total. The summed E-state index contributed by atoms with van der Waals surface area (Å²) in [5.74, 6) is -1.83. The zero-order valence-corrected chi connectivity index (χ0v) is 13.5. The van der Waals surface area contributed by atoms with Crippen LogP contribution in [0, 0.1) is 11.6 Å². The van der Waals surface area contributed by atoms with Crippen LogP contribution in [-0.2, 0) is 14.8 Å². The minimum Gasteiger partial charge on any atom is -0.378 e. The lowest BCUT2D eigenvalue weighted by Crippen LogP contribution is -2.36. The minimum absolute atomic E-state index is 0.274. The van der Waals surface area contributed by atoms with Gasteiger partial charge in [0.05, 0.1) is 13.2 Å². The fourth-order valence-electron chi connectivity index (χ4n) is 2.46. The van der Waals surface area contributed by atoms with Crippen molar-refractivity contribution in [2.45, 2.75) is 4.90 Å². The SMILES string of the molecule is O=S(=O)(Nc1ccc(N2CCOCC2)cc1)c1cc(F)ccc1F. The topological polar surface area (TPSA) is 58.6 Å². The Hall–Kier alpha value is -2.19. The highest BCUT2D eigenvalue weighted by atomic mass is 32.2. The average Bonchev–Trinajstić information content (AvgIpc) is 2.58. The number of sulfonamides is 1. The van der Waals surface area contributed by atoms with Gasteiger partial charge in [0.15, 0.2) is 0 Å². The van der Waals surface area contributed by atoms with Crippen LogP contribution in [0.4, 0.5) is 20.2 Å². The summed E-state index contributed by atoms with van der Waals surface area (Å²) in [6.07, 6.45) is 0. The Balaban J connectivity index is 1.78. The van der Waals surface area contributed by atoms with Crippen molar-refractivity contribution in [1.82, 2.24) is 0 Å². The summed E-state index contributed by atoms with van der Waals surface area (Å²) in [7, 11) is -4.20. The maximum atomic E-state index is 13.7. The van der Waals surface area contributed by atoms with E-state index in [4.69, 9.17) is 4.74 Å². The number of rotatable bonds is 4. The summed E-state index contributed by atoms with van der Waals surface area (Å²) in [5.41, 5.74) is 1.22. The van der Waals surface area contributed by atoms with Crippen LogP contribution in [0.25, 0.3) is 0 Å². The highest BCUT2D eigenvalue weighted by Crippen LogP contribution is 2.23. The Morgan fingerprint density at radius 2 is 1.67 bits per heavy atom. The van der Waals surface area contributed by atoms with Gasteiger partial charge in [-0.25, -0.2) is 17.2 Å². The highest BCUT2D eigenvalue weighted by molar-refractivity contribution is 7.92. The third-order valence-electron chi connectivity index (χ3n) is 3.68. The molecule has 128 valence electrons. The first-order valence-corrected chi connectivity index (χ1v) is 8.85. The number of anilines is 2. The summed E-state index contributed by atoms with van der Waals surface area (Å²) in [4.78, 5) is 1.40. The van der Waals surface area contributed by atoms with Crippen molar-refractivity contribution in [2.24, 2.45) is 0 Å². The van der Waals surface area contributed by atoms with E-state index in [0.717, 1.165) is 30.9 Å². The summed E-state index contributed by atoms with van der Waals surface area (Å²) in [5, 5.41) is 0. The molecule has 0 atom stereocenters. The van der Waals surface area contributed by atoms with Gasteiger partial charge in [-0.15, -0.1) is 0 Å². The second-order valence-electron chi connectivity index (χ2n) is 5.33. The molecule has 3 rings (SSSR count). The lowest BCUT2D eigenvalue weighted by atomic mass is 10.2. The van der Waals surface area contributed by atoms with E-state index >= 15 is 0 Å². The number of hydrogen-bond acceptors (Lipinski definition) is 4. The minimum atomic E-state index is -4.20. The normalized spacial score (nSPS) is 15.3. The lowest BCUT2D eigenvalue weighted by Gasteiger charge is -2.28. The van der Waals surface area contributed by atoms with Crippen LogP contribution in [0.5, 0.6) is 0 Å². The molecule has 0 aromatic heterocycles. The van der Waals surface area contributed by atoms with Gasteiger partial charge in [0.1, 0.15) is 16.5 Å². The second-order valence-corrected chi connectivity index (χ2v) is 6.98. The largest absolute Gasteiger partial charge is 0.378 e. The quantitative estimate of drug-likeness (QED) is 0.917. The third-order valence-corrected chi connectivity index (χ3v) is 5.07. The van der Waals surface area contributed by atoms with Gasteiger partial charge in [-0.2, -0.15) is 0 Å². The fraction of sp³-hybridized carbons (Fsp3) is 0.250. The van der Waals surface area contributed by atoms with E-state index in [2.05, 4.69) is 9.62 Å². The summed E-state index contributed by atoms with van der Waals surface area (Å²) in [6.45, 7) is 2.82. The molecule has 2 aromatic rings. The lowest BCUT2D eigenvalue weighted by molar-refractivity contribution is 0.122. The predicted octanol–water partition coefficient (Wildman–Crippen LogP) is 2.60. The molecule has 1 fully saturated rings. The predicted molar refractivity (Wildman–Crippen MR) is 86.6 cm³/mol. The monoisotopic (exact) mass is 354 g/mol. The van der Waals surface area contributed by atoms with Gasteiger partial charge >= 0.3 is 0 Å². The van der Waals surface area contributed by atoms with Gasteiger partial charge in [0.2, 0.25) is 0 Å². The molecule has 0 aliphatic carbocycles. The van der Waals surface area contributed by atoms with E-state index in [1.165, 1.54) is 0 Å². The molecule has 0 unspecified atom stereocenters. The Morgan fingerprint density at radius 1 is 1.00 bits per heavy atom. The van der Waals surface area contributed by atoms with Gasteiger partial charge in [-0.1, -0.05) is 0 Å². The van der Waals surface area contributed by atoms with Crippen molar-refractivity contribution in [3.8, 4) is 0 Å². The molecule has 24 heavy (non-hydrogen) atoms. The number of halogens is 2. The average molecular weight is 354 g/mol. The number of hydrogen-bond donors (Lipinski definition) is 1. The van der Waals surface area contributed by atoms with Crippen molar-refractivity contribution in [3.05, 3.63) is 54.1 Å². The van der Waals surface area contributed by atoms with Crippen LogP contribution in [0.1, 0.15) is 0 Å². The molecular formula is C16H16F2N2O3S. The number of nitrogens with zero attached hydrogens (tertiary/aromatic N) is 1. The molecule has 1 heterocycles. The van der Waals surface area contributed by atoms with E-state index in [1.807, 2.05) is 0 Å². The Kier molecular flexibility index (Phi) is 4.68. The van der Waals surface area contributed by atoms with Gasteiger partial charge < -0.3 is 9.64 Å². The molecule has 1 aliphatic heterocycles. The van der Waals surface area contributed by atoms with E-state index < -0.39 is 26.6 Å². The molecule has 1 saturated heterocycles. The van der Waals surface area contributed by atoms with Crippen molar-refractivity contribution < 1.29 is 21.9 Å². The molecule has 0 saturated carbocycles. The van der Waals surface area contributed by atoms with Gasteiger partial charge in [-0.05, 0) is 42.5 Å². The maximum Gasteiger partial charge on any atom is 0.264 e. The second kappa shape index (κ2) is 6.74. The first-order chi connectivity index (χ1) is 11.5. The van der Waals surface area contributed by atoms with E-state index in [-0.39, 0.29) is 5.69 Å². The molecule has 0 radical (unpaired) electrons. The van der Waals surface area contributed by atoms with Crippen LogP contribution >= 0.6 is 0 Å². The summed E-state index contributed by atoms with van der Waals surface area (Å²) in [6, 6.07) is 9.01. The Morgan fingerprint density at radius 3 is 2.33 bits per heavy atom. The molecule has 8 heteroatoms. The zero-order chi connectivity index (χ0) is 17.2. The molecule has 0 bridgehead atoms. The summed E-state index contributed by atoms with van der Waals surface area (Å²) < 4.78 is 58.8. The van der Waals surface area contributed by atoms with Crippen molar-refractivity contribution in [1.29, 1.82) is 0 Å². The molecule has 5 nitrogen and oxygen atoms in total. The molecule has 2 aromatic carbocycles. The number of ether oxygens (including phenoxy) is 1. The highest BCUT2D eigenvalue weighted by Gasteiger charge is 2.20. The summed E-state index contributed by atoms with van der Waals surface area (Å²) >= 11 is 0. The molecule has 0 spiro atoms. The third kappa shape index (κ3) is 3.65. The fourth-order valence-corrected chi connectivity index (χ4v) is 3.60. The Labute approximate surface area is 138 Å². The van der Waals surface area contributed by atoms with Crippen LogP contribution in [0.2, 0.25) is 0 Å². The molecule has 0 amide bonds. The van der Waals surface area contributed by atoms with E-state index in [1.54, 1.807) is 24.3 Å². The first-order valence-electron chi connectivity index (χ1n) is 7.36. The van der Waals surface area contributed by atoms with Crippen LogP contribution in [-0.4, -0.2) is 34.7 Å². The van der Waals surface area contributed by atoms with Crippen molar-refractivity contribution >= 4 is 21.4 Å². The van der Waals surface area contributed by atoms with Gasteiger partial charge in [-0.3, -0.25) is 4.72 Å². The standard InChI is InChI=1S/C16H16F2N2O3S/c17-12-1-6-15(18)16(11-12)24(21,22)19-13-2-4-14(5-3-13)20-7-9-23-10-8-20/h1-6,11,19H,7-10H2. The van der Waals surface area contributed by atoms with Crippen molar-refractivity contribution in [3.63, 3.8) is 0 Å². The van der Waals surface area contributed by atoms with E-state index in [0.29, 0.717) is 19.3 Å². The smallest absolute Gasteiger partial charge is 0.264 e. The molecule has 1 aliphatic rings. The van der Waals surface area contributed by atoms with Crippen LogP contribution < -0.4 is 9.62 Å². The number of benzene rings is 2. The maximum absolute atomic E-state index is 13.7. The number of nitrogens with one attached hydrogen (secondary N) is 1. The van der Waals surface area contributed by atoms with Crippen LogP contribution in [0.15, 0.2) is 47.4 Å². The Bertz CT molecular complexity index is 820. The molecular weight excluding hydrogens is 338 g/mol. The van der Waals surface area contributed by atoms with E-state index in [9.17, 15) is 17.2 Å². The zero-order valence-electron chi connectivity index (χ0n) is 12.7. The van der Waals surface area contributed by atoms with Crippen LogP contribution in [0.3, 0.4) is 0 Å². The van der Waals surface area contributed by atoms with Crippen molar-refractivity contribution in [2.75, 3.05) is 35.9 Å².